The summed E-state index contributed by atoms with van der Waals surface area (Å²) in [4.78, 5) is 24.0. The fourth-order valence-electron chi connectivity index (χ4n) is 3.48. The van der Waals surface area contributed by atoms with E-state index < -0.39 is 17.4 Å². The molecule has 0 saturated heterocycles. The minimum Gasteiger partial charge on any atom is -0.494 e. The predicted molar refractivity (Wildman–Crippen MR) is 120 cm³/mol. The lowest BCUT2D eigenvalue weighted by Crippen LogP contribution is -2.25. The van der Waals surface area contributed by atoms with Crippen molar-refractivity contribution in [1.29, 1.82) is 0 Å². The first-order valence-corrected chi connectivity index (χ1v) is 10.7. The number of benzene rings is 2. The monoisotopic (exact) mass is 428 g/mol. The van der Waals surface area contributed by atoms with Crippen LogP contribution < -0.4 is 9.47 Å². The van der Waals surface area contributed by atoms with Crippen molar-refractivity contribution in [3.05, 3.63) is 58.7 Å². The SMILES string of the molecule is CCCCOc1ccc(C(C)(C)c2ccc(OCCCC)cc2C(=O)O)c(C(=O)O)c1. The Morgan fingerprint density at radius 2 is 1.16 bits per heavy atom. The molecular formula is C25H32O6. The highest BCUT2D eigenvalue weighted by molar-refractivity contribution is 5.93. The van der Waals surface area contributed by atoms with Gasteiger partial charge in [0.25, 0.3) is 0 Å². The second kappa shape index (κ2) is 10.8. The van der Waals surface area contributed by atoms with Crippen LogP contribution in [0.15, 0.2) is 36.4 Å². The summed E-state index contributed by atoms with van der Waals surface area (Å²) in [5.74, 6) is -1.19. The topological polar surface area (TPSA) is 93.1 Å². The van der Waals surface area contributed by atoms with Crippen LogP contribution in [0, 0.1) is 0 Å². The maximum absolute atomic E-state index is 12.0. The molecule has 6 nitrogen and oxygen atoms in total. The molecule has 0 aromatic heterocycles. The minimum atomic E-state index is -1.08. The number of ether oxygens (including phenoxy) is 2. The van der Waals surface area contributed by atoms with Gasteiger partial charge in [-0.2, -0.15) is 0 Å². The first kappa shape index (κ1) is 24.3. The van der Waals surface area contributed by atoms with E-state index in [1.807, 2.05) is 13.8 Å². The van der Waals surface area contributed by atoms with E-state index >= 15 is 0 Å². The van der Waals surface area contributed by atoms with Crippen LogP contribution in [-0.2, 0) is 5.41 Å². The number of carboxylic acid groups (broad SMARTS) is 2. The molecule has 0 unspecified atom stereocenters. The predicted octanol–water partition coefficient (Wildman–Crippen LogP) is 5.77. The number of aromatic carboxylic acids is 2. The van der Waals surface area contributed by atoms with Gasteiger partial charge < -0.3 is 19.7 Å². The minimum absolute atomic E-state index is 0.0959. The van der Waals surface area contributed by atoms with Crippen molar-refractivity contribution in [3.63, 3.8) is 0 Å². The van der Waals surface area contributed by atoms with Gasteiger partial charge in [0.2, 0.25) is 0 Å². The summed E-state index contributed by atoms with van der Waals surface area (Å²) in [7, 11) is 0. The summed E-state index contributed by atoms with van der Waals surface area (Å²) < 4.78 is 11.3. The van der Waals surface area contributed by atoms with Gasteiger partial charge in [-0.15, -0.1) is 0 Å². The summed E-state index contributed by atoms with van der Waals surface area (Å²) in [6.45, 7) is 8.79. The number of rotatable bonds is 12. The summed E-state index contributed by atoms with van der Waals surface area (Å²) in [5, 5.41) is 19.6. The van der Waals surface area contributed by atoms with Gasteiger partial charge in [0, 0.05) is 5.41 Å². The summed E-state index contributed by atoms with van der Waals surface area (Å²) in [5.41, 5.74) is 0.359. The molecule has 0 bridgehead atoms. The number of unbranched alkanes of at least 4 members (excludes halogenated alkanes) is 2. The van der Waals surface area contributed by atoms with Crippen molar-refractivity contribution < 1.29 is 29.3 Å². The third-order valence-corrected chi connectivity index (χ3v) is 5.32. The van der Waals surface area contributed by atoms with Gasteiger partial charge >= 0.3 is 11.9 Å². The summed E-state index contributed by atoms with van der Waals surface area (Å²) >= 11 is 0. The van der Waals surface area contributed by atoms with Crippen molar-refractivity contribution in [2.24, 2.45) is 0 Å². The van der Waals surface area contributed by atoms with Crippen molar-refractivity contribution in [3.8, 4) is 11.5 Å². The Morgan fingerprint density at radius 1 is 0.774 bits per heavy atom. The van der Waals surface area contributed by atoms with Gasteiger partial charge in [0.15, 0.2) is 0 Å². The van der Waals surface area contributed by atoms with Crippen molar-refractivity contribution >= 4 is 11.9 Å². The quantitative estimate of drug-likeness (QED) is 0.417. The third kappa shape index (κ3) is 6.00. The van der Waals surface area contributed by atoms with Crippen LogP contribution in [0.3, 0.4) is 0 Å². The first-order valence-electron chi connectivity index (χ1n) is 10.7. The van der Waals surface area contributed by atoms with Crippen LogP contribution in [0.1, 0.15) is 85.2 Å². The van der Waals surface area contributed by atoms with Crippen LogP contribution in [0.4, 0.5) is 0 Å². The zero-order valence-corrected chi connectivity index (χ0v) is 18.7. The average Bonchev–Trinajstić information content (AvgIpc) is 2.73. The molecule has 6 heteroatoms. The van der Waals surface area contributed by atoms with Crippen molar-refractivity contribution in [1.82, 2.24) is 0 Å². The van der Waals surface area contributed by atoms with Crippen LogP contribution in [0.25, 0.3) is 0 Å². The molecule has 0 aliphatic rings. The molecule has 0 amide bonds. The Kier molecular flexibility index (Phi) is 8.48. The van der Waals surface area contributed by atoms with Crippen molar-refractivity contribution in [2.45, 2.75) is 58.8 Å². The number of hydrogen-bond acceptors (Lipinski definition) is 4. The molecule has 2 rings (SSSR count). The molecule has 31 heavy (non-hydrogen) atoms. The van der Waals surface area contributed by atoms with Gasteiger partial charge in [-0.25, -0.2) is 9.59 Å². The Hall–Kier alpha value is -3.02. The van der Waals surface area contributed by atoms with Gasteiger partial charge in [0.05, 0.1) is 24.3 Å². The van der Waals surface area contributed by atoms with Crippen molar-refractivity contribution in [2.75, 3.05) is 13.2 Å². The second-order valence-corrected chi connectivity index (χ2v) is 8.05. The molecule has 0 radical (unpaired) electrons. The Balaban J connectivity index is 2.47. The molecule has 0 atom stereocenters. The van der Waals surface area contributed by atoms with Gasteiger partial charge in [-0.05, 0) is 48.2 Å². The Morgan fingerprint density at radius 3 is 1.48 bits per heavy atom. The van der Waals surface area contributed by atoms with E-state index in [0.29, 0.717) is 35.8 Å². The second-order valence-electron chi connectivity index (χ2n) is 8.05. The highest BCUT2D eigenvalue weighted by atomic mass is 16.5. The molecule has 2 aromatic carbocycles. The molecule has 0 heterocycles. The highest BCUT2D eigenvalue weighted by Crippen LogP contribution is 2.38. The van der Waals surface area contributed by atoms with E-state index in [9.17, 15) is 19.8 Å². The van der Waals surface area contributed by atoms with E-state index in [2.05, 4.69) is 13.8 Å². The molecule has 168 valence electrons. The number of carboxylic acids is 2. The van der Waals surface area contributed by atoms with Crippen LogP contribution in [0.5, 0.6) is 11.5 Å². The Labute approximate surface area is 183 Å². The molecule has 0 fully saturated rings. The largest absolute Gasteiger partial charge is 0.494 e. The maximum atomic E-state index is 12.0. The number of carbonyl (C=O) groups is 2. The van der Waals surface area contributed by atoms with Gasteiger partial charge in [-0.3, -0.25) is 0 Å². The zero-order valence-electron chi connectivity index (χ0n) is 18.7. The number of hydrogen-bond donors (Lipinski definition) is 2. The fraction of sp³-hybridized carbons (Fsp3) is 0.440. The fourth-order valence-corrected chi connectivity index (χ4v) is 3.48. The van der Waals surface area contributed by atoms with E-state index in [1.165, 1.54) is 12.1 Å². The smallest absolute Gasteiger partial charge is 0.336 e. The molecule has 0 saturated carbocycles. The van der Waals surface area contributed by atoms with E-state index in [4.69, 9.17) is 9.47 Å². The van der Waals surface area contributed by atoms with E-state index in [-0.39, 0.29) is 11.1 Å². The highest BCUT2D eigenvalue weighted by Gasteiger charge is 2.32. The molecule has 0 aliphatic heterocycles. The van der Waals surface area contributed by atoms with Crippen LogP contribution >= 0.6 is 0 Å². The molecule has 0 aliphatic carbocycles. The van der Waals surface area contributed by atoms with Crippen LogP contribution in [0.2, 0.25) is 0 Å². The lowest BCUT2D eigenvalue weighted by molar-refractivity contribution is 0.0686. The third-order valence-electron chi connectivity index (χ3n) is 5.32. The van der Waals surface area contributed by atoms with E-state index in [1.54, 1.807) is 24.3 Å². The molecule has 0 spiro atoms. The van der Waals surface area contributed by atoms with E-state index in [0.717, 1.165) is 25.7 Å². The summed E-state index contributed by atoms with van der Waals surface area (Å²) in [6, 6.07) is 9.92. The summed E-state index contributed by atoms with van der Waals surface area (Å²) in [6.07, 6.45) is 3.72. The normalized spacial score (nSPS) is 11.2. The standard InChI is InChI=1S/C25H32O6/c1-5-7-13-30-17-9-11-21(19(15-17)23(26)27)25(3,4)22-12-10-18(31-14-8-6-2)16-20(22)24(28)29/h9-12,15-16H,5-8,13-14H2,1-4H3,(H,26,27)(H,28,29). The average molecular weight is 429 g/mol. The lowest BCUT2D eigenvalue weighted by Gasteiger charge is -2.29. The van der Waals surface area contributed by atoms with Gasteiger partial charge in [-0.1, -0.05) is 52.7 Å². The molecule has 2 aromatic rings. The molecular weight excluding hydrogens is 396 g/mol. The lowest BCUT2D eigenvalue weighted by atomic mass is 9.74. The Bertz CT molecular complexity index is 843. The van der Waals surface area contributed by atoms with Crippen LogP contribution in [-0.4, -0.2) is 35.4 Å². The zero-order chi connectivity index (χ0) is 23.0. The first-order chi connectivity index (χ1) is 14.7. The van der Waals surface area contributed by atoms with Gasteiger partial charge in [0.1, 0.15) is 11.5 Å². The molecule has 2 N–H and O–H groups in total. The maximum Gasteiger partial charge on any atom is 0.336 e.